The number of benzene rings is 5. The fraction of sp³-hybridized carbons (Fsp3) is 0.0323. The molecule has 3 heterocycles. The average Bonchev–Trinajstić information content (AvgIpc) is 1.51. The van der Waals surface area contributed by atoms with Crippen LogP contribution in [0.25, 0.3) is 80.5 Å². The molecule has 1 fully saturated rings. The average molecular weight is 1340 g/mol. The van der Waals surface area contributed by atoms with Crippen molar-refractivity contribution < 1.29 is 65.9 Å². The van der Waals surface area contributed by atoms with Crippen LogP contribution in [0.15, 0.2) is 16.7 Å². The van der Waals surface area contributed by atoms with E-state index in [1.807, 2.05) is 0 Å². The summed E-state index contributed by atoms with van der Waals surface area (Å²) in [6.45, 7) is 33.9. The third-order valence-electron chi connectivity index (χ3n) is 13.1. The quantitative estimate of drug-likeness (QED) is 0.0521. The minimum Gasteiger partial charge on any atom is -0.358 e. The Morgan fingerprint density at radius 1 is 0.354 bits per heavy atom. The molecule has 22 nitrogen and oxygen atoms in total. The lowest BCUT2D eigenvalue weighted by Gasteiger charge is -2.09. The van der Waals surface area contributed by atoms with Gasteiger partial charge in [-0.15, -0.1) is 9.97 Å². The Morgan fingerprint density at radius 2 is 0.687 bits per heavy atom. The highest BCUT2D eigenvalue weighted by Gasteiger charge is 2.46. The Bertz CT molecular complexity index is 5340. The molecule has 0 N–H and O–H groups in total. The summed E-state index contributed by atoms with van der Waals surface area (Å²) in [7, 11) is 0. The fourth-order valence-electron chi connectivity index (χ4n) is 8.75. The van der Waals surface area contributed by atoms with Gasteiger partial charge in [-0.3, -0.25) is 0 Å². The Labute approximate surface area is 539 Å². The van der Waals surface area contributed by atoms with Crippen LogP contribution in [0.4, 0.5) is 83.2 Å². The molecule has 0 bridgehead atoms. The Morgan fingerprint density at radius 3 is 1.01 bits per heavy atom. The summed E-state index contributed by atoms with van der Waals surface area (Å²) >= 11 is 0. The van der Waals surface area contributed by atoms with Gasteiger partial charge in [-0.25, -0.2) is 101 Å². The Hall–Kier alpha value is -16.1. The van der Waals surface area contributed by atoms with Crippen molar-refractivity contribution in [2.24, 2.45) is 0 Å². The van der Waals surface area contributed by atoms with Crippen molar-refractivity contribution in [3.05, 3.63) is 216 Å². The fourth-order valence-corrected chi connectivity index (χ4v) is 8.75. The minimum absolute atomic E-state index is 0.00714. The number of nitrogens with zero attached hydrogens (tertiary/aromatic N) is 22. The number of fused-ring (bicyclic) bond motifs is 6. The van der Waals surface area contributed by atoms with Gasteiger partial charge in [-0.1, -0.05) is 13.1 Å². The van der Waals surface area contributed by atoms with Crippen LogP contribution in [0, 0.1) is 257 Å². The molecule has 470 valence electrons. The van der Waals surface area contributed by atoms with Crippen molar-refractivity contribution in [2.45, 2.75) is 13.8 Å². The van der Waals surface area contributed by atoms with Gasteiger partial charge in [0.2, 0.25) is 16.7 Å². The van der Waals surface area contributed by atoms with Crippen molar-refractivity contribution in [2.75, 3.05) is 0 Å². The van der Waals surface area contributed by atoms with Gasteiger partial charge in [-0.05, 0) is 30.6 Å². The summed E-state index contributed by atoms with van der Waals surface area (Å²) in [5, 5.41) is 104. The van der Waals surface area contributed by atoms with E-state index in [9.17, 15) is 71.1 Å². The van der Waals surface area contributed by atoms with Gasteiger partial charge < -0.3 is 9.69 Å². The molecule has 99 heavy (non-hydrogen) atoms. The minimum atomic E-state index is -2.46. The van der Waals surface area contributed by atoms with Crippen LogP contribution >= 0.6 is 0 Å². The topological polar surface area (TPSA) is 380 Å². The first-order chi connectivity index (χ1) is 47.1. The zero-order chi connectivity index (χ0) is 74.3. The second-order valence-corrected chi connectivity index (χ2v) is 18.0. The summed E-state index contributed by atoms with van der Waals surface area (Å²) in [5.74, 6) is -33.6. The molecular formula is C62H7F15N22. The molecule has 0 unspecified atom stereocenters. The number of hydrogen-bond donors (Lipinski definition) is 0. The Kier molecular flexibility index (Phi) is 20.8. The lowest BCUT2D eigenvalue weighted by atomic mass is 9.96. The maximum Gasteiger partial charge on any atom is 0.307 e. The standard InChI is InChI=1S/C31H3F11N6.C18N12.C12H3F4N3.CHN/c1-8-9(4-43)20(33)23(36)15(19(8)32)10(5-44)13-14(11(6-45)16-24(37)28(41)31(48-3)29(42)25(16)38)17(13)30(47-2)18-26(39)21(34)12(7-46)22(35)27(18)40;1-23-17-9(5-21)27-13-11-12(26-8(4-20)7(3-19)25-11)14-16(15(13)29-17)30-18(24-2)10(6-22)28-14;1-5(2-17)7-9(13)11(15)8(6(3-18)4-19)12(16)10(7)14;1-2/h1H3;;1H3;1H. The first-order valence-corrected chi connectivity index (χ1v) is 24.8. The second kappa shape index (κ2) is 28.6. The van der Waals surface area contributed by atoms with Crippen LogP contribution in [0.5, 0.6) is 0 Å². The first-order valence-electron chi connectivity index (χ1n) is 24.8. The number of halogens is 15. The van der Waals surface area contributed by atoms with Gasteiger partial charge in [0.15, 0.2) is 104 Å². The molecule has 8 aromatic rings. The third-order valence-corrected chi connectivity index (χ3v) is 13.1. The van der Waals surface area contributed by atoms with Crippen molar-refractivity contribution in [3.8, 4) is 73.3 Å². The lowest BCUT2D eigenvalue weighted by molar-refractivity contribution is 0.434. The summed E-state index contributed by atoms with van der Waals surface area (Å²) in [6.07, 6.45) is 0. The molecule has 0 atom stereocenters. The number of hydrogen-bond acceptors (Lipinski definition) is 18. The van der Waals surface area contributed by atoms with Crippen molar-refractivity contribution in [1.29, 1.82) is 63.1 Å². The van der Waals surface area contributed by atoms with Crippen molar-refractivity contribution in [3.63, 3.8) is 0 Å². The van der Waals surface area contributed by atoms with Gasteiger partial charge >= 0.3 is 11.6 Å². The van der Waals surface area contributed by atoms with Crippen LogP contribution < -0.4 is 10.4 Å². The highest BCUT2D eigenvalue weighted by molar-refractivity contribution is 6.19. The molecule has 9 rings (SSSR count). The van der Waals surface area contributed by atoms with Gasteiger partial charge in [-0.2, -0.15) is 57.9 Å². The molecule has 37 heteroatoms. The summed E-state index contributed by atoms with van der Waals surface area (Å²) < 4.78 is 218. The van der Waals surface area contributed by atoms with Crippen LogP contribution in [0.2, 0.25) is 0 Å². The molecule has 0 saturated heterocycles. The molecule has 1 aliphatic rings. The van der Waals surface area contributed by atoms with E-state index in [1.165, 1.54) is 6.07 Å². The van der Waals surface area contributed by atoms with E-state index < -0.39 is 181 Å². The molecule has 1 aliphatic carbocycles. The molecule has 3 aromatic heterocycles. The summed E-state index contributed by atoms with van der Waals surface area (Å²) in [4.78, 5) is 36.1. The SMILES string of the molecule is C#N.CC(C#N)=c1c(F)c(F)c(=C(C#N)C#N)c(F)c1F.[C-]#[N+]C(=C1C(=C(C#N)c2c(F)c(C)c(C#N)c(F)c2F)C1=C(C#N)c1c(F)c(F)c([N+]#[C-])c(F)c1F)c1c(F)c(F)c(C#N)c(F)c1F.[C-]#[N+]c1nc2c(nc1C#N)c1nc(C#N)c(C#N)nc1c1nc(C#N)c([N+]#[C-])nc12. The molecule has 0 amide bonds. The maximum absolute atomic E-state index is 15.4. The first kappa shape index (κ1) is 71.9. The molecule has 0 aliphatic heterocycles. The molecule has 1 saturated carbocycles. The third kappa shape index (κ3) is 11.6. The van der Waals surface area contributed by atoms with Gasteiger partial charge in [0.05, 0.1) is 63.1 Å². The lowest BCUT2D eigenvalue weighted by Crippen LogP contribution is -2.30. The molecule has 0 radical (unpaired) electrons. The predicted octanol–water partition coefficient (Wildman–Crippen LogP) is 11.8. The van der Waals surface area contributed by atoms with E-state index in [0.29, 0.717) is 0 Å². The van der Waals surface area contributed by atoms with Gasteiger partial charge in [0.25, 0.3) is 5.69 Å². The Balaban J connectivity index is 0.000000256. The monoisotopic (exact) mass is 1340 g/mol. The zero-order valence-corrected chi connectivity index (χ0v) is 47.6. The van der Waals surface area contributed by atoms with Crippen molar-refractivity contribution >= 4 is 78.4 Å². The van der Waals surface area contributed by atoms with Crippen LogP contribution in [-0.2, 0) is 0 Å². The smallest absolute Gasteiger partial charge is 0.307 e. The van der Waals surface area contributed by atoms with Crippen LogP contribution in [0.3, 0.4) is 0 Å². The van der Waals surface area contributed by atoms with Crippen LogP contribution in [0.1, 0.15) is 63.1 Å². The van der Waals surface area contributed by atoms with E-state index in [4.69, 9.17) is 57.9 Å². The van der Waals surface area contributed by atoms with Crippen LogP contribution in [-0.4, -0.2) is 29.9 Å². The molecule has 0 spiro atoms. The normalized spacial score (nSPS) is 12.0. The van der Waals surface area contributed by atoms with E-state index in [2.05, 4.69) is 55.9 Å². The summed E-state index contributed by atoms with van der Waals surface area (Å²) in [6, 6.07) is 14.8. The highest BCUT2D eigenvalue weighted by Crippen LogP contribution is 2.58. The highest BCUT2D eigenvalue weighted by atomic mass is 19.2. The zero-order valence-electron chi connectivity index (χ0n) is 47.6. The van der Waals surface area contributed by atoms with E-state index >= 15 is 26.3 Å². The predicted molar refractivity (Wildman–Crippen MR) is 297 cm³/mol. The second-order valence-electron chi connectivity index (χ2n) is 18.0. The van der Waals surface area contributed by atoms with Gasteiger partial charge in [0.1, 0.15) is 99.7 Å². The van der Waals surface area contributed by atoms with Crippen molar-refractivity contribution in [1.82, 2.24) is 29.9 Å². The molecular weight excluding hydrogens is 1340 g/mol. The number of allylic oxidation sites excluding steroid dienone is 5. The number of rotatable bonds is 3. The number of nitriles is 12. The van der Waals surface area contributed by atoms with Gasteiger partial charge in [0, 0.05) is 17.7 Å². The van der Waals surface area contributed by atoms with E-state index in [0.717, 1.165) is 50.3 Å². The largest absolute Gasteiger partial charge is 0.358 e. The van der Waals surface area contributed by atoms with E-state index in [1.54, 1.807) is 24.3 Å². The number of aromatic nitrogens is 6. The molecule has 5 aromatic carbocycles. The van der Waals surface area contributed by atoms with E-state index in [-0.39, 0.29) is 67.5 Å². The summed E-state index contributed by atoms with van der Waals surface area (Å²) in [5.41, 5.74) is -23.1. The maximum atomic E-state index is 15.4.